The Morgan fingerprint density at radius 1 is 1.06 bits per heavy atom. The molecule has 0 fully saturated rings. The van der Waals surface area contributed by atoms with Gasteiger partial charge in [0, 0.05) is 6.07 Å². The summed E-state index contributed by atoms with van der Waals surface area (Å²) in [6.07, 6.45) is 1.55. The van der Waals surface area contributed by atoms with Gasteiger partial charge in [0.15, 0.2) is 16.7 Å². The van der Waals surface area contributed by atoms with E-state index in [1.165, 1.54) is 26.0 Å². The summed E-state index contributed by atoms with van der Waals surface area (Å²) in [6, 6.07) is 14.3. The molecule has 4 aromatic rings. The van der Waals surface area contributed by atoms with E-state index >= 15 is 0 Å². The summed E-state index contributed by atoms with van der Waals surface area (Å²) >= 11 is 1.18. The summed E-state index contributed by atoms with van der Waals surface area (Å²) in [5.41, 5.74) is 1.10. The molecule has 0 aliphatic heterocycles. The number of ether oxygens (including phenoxy) is 3. The molecule has 0 atom stereocenters. The van der Waals surface area contributed by atoms with Gasteiger partial charge in [-0.25, -0.2) is 4.98 Å². The van der Waals surface area contributed by atoms with Crippen molar-refractivity contribution in [2.24, 2.45) is 0 Å². The summed E-state index contributed by atoms with van der Waals surface area (Å²) in [5, 5.41) is 3.61. The number of carbonyl (C=O) groups is 1. The highest BCUT2D eigenvalue weighted by Crippen LogP contribution is 2.31. The normalized spacial score (nSPS) is 10.8. The van der Waals surface area contributed by atoms with E-state index in [4.69, 9.17) is 23.6 Å². The van der Waals surface area contributed by atoms with E-state index in [-0.39, 0.29) is 30.3 Å². The molecule has 10 heteroatoms. The maximum absolute atomic E-state index is 13.5. The highest BCUT2D eigenvalue weighted by Gasteiger charge is 2.17. The van der Waals surface area contributed by atoms with Crippen LogP contribution in [0.25, 0.3) is 10.9 Å². The SMILES string of the molecule is COc1ccc(Cn2c(SCC(=O)NCc3ccco3)nc3cc(OC)c(OC)cc3c2=O)cc1. The van der Waals surface area contributed by atoms with Crippen LogP contribution in [-0.2, 0) is 17.9 Å². The number of hydrogen-bond donors (Lipinski definition) is 1. The summed E-state index contributed by atoms with van der Waals surface area (Å²) in [4.78, 5) is 30.7. The fraction of sp³-hybridized carbons (Fsp3) is 0.240. The van der Waals surface area contributed by atoms with E-state index in [1.54, 1.807) is 42.2 Å². The second-order valence-corrected chi connectivity index (χ2v) is 8.45. The van der Waals surface area contributed by atoms with Crippen LogP contribution in [0.15, 0.2) is 69.2 Å². The molecule has 0 bridgehead atoms. The van der Waals surface area contributed by atoms with E-state index in [2.05, 4.69) is 5.32 Å². The van der Waals surface area contributed by atoms with Crippen LogP contribution < -0.4 is 25.1 Å². The van der Waals surface area contributed by atoms with Crippen molar-refractivity contribution in [2.75, 3.05) is 27.1 Å². The predicted molar refractivity (Wildman–Crippen MR) is 132 cm³/mol. The molecule has 182 valence electrons. The van der Waals surface area contributed by atoms with Crippen molar-refractivity contribution in [2.45, 2.75) is 18.2 Å². The Morgan fingerprint density at radius 2 is 1.80 bits per heavy atom. The molecule has 0 saturated heterocycles. The van der Waals surface area contributed by atoms with Crippen LogP contribution in [-0.4, -0.2) is 42.5 Å². The van der Waals surface area contributed by atoms with Crippen molar-refractivity contribution in [1.82, 2.24) is 14.9 Å². The number of thioether (sulfide) groups is 1. The average molecular weight is 496 g/mol. The lowest BCUT2D eigenvalue weighted by Gasteiger charge is -2.15. The van der Waals surface area contributed by atoms with Crippen molar-refractivity contribution in [3.8, 4) is 17.2 Å². The van der Waals surface area contributed by atoms with Gasteiger partial charge in [-0.15, -0.1) is 0 Å². The van der Waals surface area contributed by atoms with Crippen LogP contribution in [0.5, 0.6) is 17.2 Å². The summed E-state index contributed by atoms with van der Waals surface area (Å²) in [7, 11) is 4.63. The van der Waals surface area contributed by atoms with Crippen LogP contribution in [0.3, 0.4) is 0 Å². The first kappa shape index (κ1) is 24.2. The molecule has 0 unspecified atom stereocenters. The fourth-order valence-electron chi connectivity index (χ4n) is 3.47. The van der Waals surface area contributed by atoms with Crippen LogP contribution in [0.4, 0.5) is 0 Å². The van der Waals surface area contributed by atoms with E-state index in [1.807, 2.05) is 24.3 Å². The molecule has 0 spiro atoms. The number of aromatic nitrogens is 2. The van der Waals surface area contributed by atoms with Crippen LogP contribution in [0.1, 0.15) is 11.3 Å². The van der Waals surface area contributed by atoms with Gasteiger partial charge in [0.2, 0.25) is 5.91 Å². The van der Waals surface area contributed by atoms with E-state index in [0.29, 0.717) is 33.3 Å². The van der Waals surface area contributed by atoms with Gasteiger partial charge < -0.3 is 23.9 Å². The first-order valence-electron chi connectivity index (χ1n) is 10.7. The van der Waals surface area contributed by atoms with Gasteiger partial charge in [0.25, 0.3) is 5.56 Å². The second-order valence-electron chi connectivity index (χ2n) is 7.50. The van der Waals surface area contributed by atoms with Gasteiger partial charge in [-0.3, -0.25) is 14.2 Å². The lowest BCUT2D eigenvalue weighted by atomic mass is 10.2. The van der Waals surface area contributed by atoms with Crippen molar-refractivity contribution >= 4 is 28.6 Å². The molecule has 35 heavy (non-hydrogen) atoms. The molecule has 1 amide bonds. The first-order chi connectivity index (χ1) is 17.0. The standard InChI is InChI=1S/C25H25N3O6S/c1-31-17-8-6-16(7-9-17)14-28-24(30)19-11-21(32-2)22(33-3)12-20(19)27-25(28)35-15-23(29)26-13-18-5-4-10-34-18/h4-12H,13-15H2,1-3H3,(H,26,29). The molecular formula is C25H25N3O6S. The van der Waals surface area contributed by atoms with Crippen LogP contribution in [0.2, 0.25) is 0 Å². The minimum atomic E-state index is -0.245. The number of nitrogens with zero attached hydrogens (tertiary/aromatic N) is 2. The third-order valence-electron chi connectivity index (χ3n) is 5.30. The quantitative estimate of drug-likeness (QED) is 0.263. The Labute approximate surface area is 206 Å². The zero-order valence-corrected chi connectivity index (χ0v) is 20.4. The Morgan fingerprint density at radius 3 is 2.46 bits per heavy atom. The van der Waals surface area contributed by atoms with Crippen LogP contribution in [0, 0.1) is 0 Å². The maximum Gasteiger partial charge on any atom is 0.262 e. The molecule has 2 aromatic carbocycles. The number of hydrogen-bond acceptors (Lipinski definition) is 8. The molecule has 0 radical (unpaired) electrons. The van der Waals surface area contributed by atoms with Gasteiger partial charge in [-0.05, 0) is 35.9 Å². The van der Waals surface area contributed by atoms with Crippen molar-refractivity contribution in [1.29, 1.82) is 0 Å². The maximum atomic E-state index is 13.5. The number of carbonyl (C=O) groups excluding carboxylic acids is 1. The molecule has 4 rings (SSSR count). The monoisotopic (exact) mass is 495 g/mol. The third-order valence-corrected chi connectivity index (χ3v) is 6.27. The van der Waals surface area contributed by atoms with Gasteiger partial charge in [-0.2, -0.15) is 0 Å². The van der Waals surface area contributed by atoms with Crippen LogP contribution >= 0.6 is 11.8 Å². The number of fused-ring (bicyclic) bond motifs is 1. The molecular weight excluding hydrogens is 470 g/mol. The average Bonchev–Trinajstić information content (AvgIpc) is 3.41. The first-order valence-corrected chi connectivity index (χ1v) is 11.7. The topological polar surface area (TPSA) is 105 Å². The molecule has 9 nitrogen and oxygen atoms in total. The molecule has 0 aliphatic carbocycles. The molecule has 2 heterocycles. The zero-order chi connectivity index (χ0) is 24.8. The number of amides is 1. The number of nitrogens with one attached hydrogen (secondary N) is 1. The highest BCUT2D eigenvalue weighted by molar-refractivity contribution is 7.99. The summed E-state index contributed by atoms with van der Waals surface area (Å²) in [5.74, 6) is 2.15. The van der Waals surface area contributed by atoms with Crippen molar-refractivity contribution in [3.63, 3.8) is 0 Å². The minimum Gasteiger partial charge on any atom is -0.497 e. The van der Waals surface area contributed by atoms with E-state index < -0.39 is 0 Å². The predicted octanol–water partition coefficient (Wildman–Crippen LogP) is 3.47. The van der Waals surface area contributed by atoms with Gasteiger partial charge in [-0.1, -0.05) is 23.9 Å². The highest BCUT2D eigenvalue weighted by atomic mass is 32.2. The Kier molecular flexibility index (Phi) is 7.61. The van der Waals surface area contributed by atoms with E-state index in [9.17, 15) is 9.59 Å². The minimum absolute atomic E-state index is 0.0779. The van der Waals surface area contributed by atoms with Gasteiger partial charge in [0.05, 0.1) is 57.3 Å². The fourth-order valence-corrected chi connectivity index (χ4v) is 4.30. The second kappa shape index (κ2) is 11.0. The Hall–Kier alpha value is -3.92. The summed E-state index contributed by atoms with van der Waals surface area (Å²) in [6.45, 7) is 0.559. The number of rotatable bonds is 10. The summed E-state index contributed by atoms with van der Waals surface area (Å²) < 4.78 is 22.8. The largest absolute Gasteiger partial charge is 0.497 e. The molecule has 0 aliphatic rings. The third kappa shape index (κ3) is 5.60. The molecule has 2 aromatic heterocycles. The molecule has 1 N–H and O–H groups in total. The number of furan rings is 1. The lowest BCUT2D eigenvalue weighted by molar-refractivity contribution is -0.118. The Balaban J connectivity index is 1.66. The smallest absolute Gasteiger partial charge is 0.262 e. The van der Waals surface area contributed by atoms with Crippen molar-refractivity contribution in [3.05, 3.63) is 76.5 Å². The molecule has 0 saturated carbocycles. The van der Waals surface area contributed by atoms with Gasteiger partial charge >= 0.3 is 0 Å². The van der Waals surface area contributed by atoms with Crippen molar-refractivity contribution < 1.29 is 23.4 Å². The number of methoxy groups -OCH3 is 3. The Bertz CT molecular complexity index is 1370. The zero-order valence-electron chi connectivity index (χ0n) is 19.6. The lowest BCUT2D eigenvalue weighted by Crippen LogP contribution is -2.27. The van der Waals surface area contributed by atoms with Gasteiger partial charge in [0.1, 0.15) is 11.5 Å². The van der Waals surface area contributed by atoms with E-state index in [0.717, 1.165) is 11.3 Å². The number of benzene rings is 2.